The van der Waals surface area contributed by atoms with Gasteiger partial charge in [-0.2, -0.15) is 0 Å². The lowest BCUT2D eigenvalue weighted by Crippen LogP contribution is -2.16. The Hall–Kier alpha value is -1.88. The minimum absolute atomic E-state index is 0.111. The Bertz CT molecular complexity index is 646. The molecule has 0 aliphatic carbocycles. The normalized spacial score (nSPS) is 10.2. The molecular weight excluding hydrogens is 335 g/mol. The SMILES string of the molecule is Cc1cc(NC(=O)CCNc2ccccc2F)ccc1Br. The zero-order valence-corrected chi connectivity index (χ0v) is 13.2. The van der Waals surface area contributed by atoms with E-state index >= 15 is 0 Å². The third-order valence-corrected chi connectivity index (χ3v) is 3.87. The maximum Gasteiger partial charge on any atom is 0.226 e. The molecule has 0 aliphatic heterocycles. The summed E-state index contributed by atoms with van der Waals surface area (Å²) < 4.78 is 14.4. The molecule has 0 saturated heterocycles. The van der Waals surface area contributed by atoms with E-state index in [0.717, 1.165) is 15.7 Å². The number of hydrogen-bond donors (Lipinski definition) is 2. The summed E-state index contributed by atoms with van der Waals surface area (Å²) in [5.41, 5.74) is 2.22. The fourth-order valence-electron chi connectivity index (χ4n) is 1.86. The van der Waals surface area contributed by atoms with Gasteiger partial charge in [0.25, 0.3) is 0 Å². The van der Waals surface area contributed by atoms with Crippen LogP contribution in [0.1, 0.15) is 12.0 Å². The first-order chi connectivity index (χ1) is 10.1. The number of carbonyl (C=O) groups excluding carboxylic acids is 1. The van der Waals surface area contributed by atoms with Gasteiger partial charge in [0.2, 0.25) is 5.91 Å². The quantitative estimate of drug-likeness (QED) is 0.842. The monoisotopic (exact) mass is 350 g/mol. The minimum atomic E-state index is -0.318. The third-order valence-electron chi connectivity index (χ3n) is 2.98. The van der Waals surface area contributed by atoms with Crippen molar-refractivity contribution in [2.45, 2.75) is 13.3 Å². The molecule has 0 spiro atoms. The smallest absolute Gasteiger partial charge is 0.226 e. The van der Waals surface area contributed by atoms with E-state index in [-0.39, 0.29) is 18.1 Å². The van der Waals surface area contributed by atoms with E-state index in [1.165, 1.54) is 6.07 Å². The highest BCUT2D eigenvalue weighted by atomic mass is 79.9. The number of hydrogen-bond acceptors (Lipinski definition) is 2. The van der Waals surface area contributed by atoms with E-state index in [1.807, 2.05) is 25.1 Å². The molecule has 0 radical (unpaired) electrons. The van der Waals surface area contributed by atoms with Crippen LogP contribution in [0.5, 0.6) is 0 Å². The molecule has 2 N–H and O–H groups in total. The van der Waals surface area contributed by atoms with Crippen molar-refractivity contribution in [1.29, 1.82) is 0 Å². The summed E-state index contributed by atoms with van der Waals surface area (Å²) in [6.07, 6.45) is 0.267. The Morgan fingerprint density at radius 3 is 2.71 bits per heavy atom. The molecular formula is C16H16BrFN2O. The molecule has 110 valence electrons. The van der Waals surface area contributed by atoms with Gasteiger partial charge in [-0.05, 0) is 42.8 Å². The highest BCUT2D eigenvalue weighted by molar-refractivity contribution is 9.10. The molecule has 3 nitrogen and oxygen atoms in total. The molecule has 1 amide bonds. The Kier molecular flexibility index (Phi) is 5.33. The van der Waals surface area contributed by atoms with Gasteiger partial charge in [0.05, 0.1) is 5.69 Å². The first-order valence-electron chi connectivity index (χ1n) is 6.60. The minimum Gasteiger partial charge on any atom is -0.382 e. The number of aryl methyl sites for hydroxylation is 1. The summed E-state index contributed by atoms with van der Waals surface area (Å²) in [6, 6.07) is 12.0. The fourth-order valence-corrected chi connectivity index (χ4v) is 2.11. The summed E-state index contributed by atoms with van der Waals surface area (Å²) in [4.78, 5) is 11.8. The van der Waals surface area contributed by atoms with Crippen LogP contribution in [0.2, 0.25) is 0 Å². The van der Waals surface area contributed by atoms with Crippen molar-refractivity contribution in [3.8, 4) is 0 Å². The highest BCUT2D eigenvalue weighted by Crippen LogP contribution is 2.20. The van der Waals surface area contributed by atoms with Crippen molar-refractivity contribution in [3.63, 3.8) is 0 Å². The number of benzene rings is 2. The van der Waals surface area contributed by atoms with E-state index in [9.17, 15) is 9.18 Å². The average molecular weight is 351 g/mol. The van der Waals surface area contributed by atoms with Crippen LogP contribution in [0.25, 0.3) is 0 Å². The predicted octanol–water partition coefficient (Wildman–Crippen LogP) is 4.34. The van der Waals surface area contributed by atoms with Crippen LogP contribution < -0.4 is 10.6 Å². The first-order valence-corrected chi connectivity index (χ1v) is 7.40. The van der Waals surface area contributed by atoms with Gasteiger partial charge in [-0.15, -0.1) is 0 Å². The molecule has 0 atom stereocenters. The lowest BCUT2D eigenvalue weighted by Gasteiger charge is -2.09. The standard InChI is InChI=1S/C16H16BrFN2O/c1-11-10-12(6-7-13(11)17)20-16(21)8-9-19-15-5-3-2-4-14(15)18/h2-7,10,19H,8-9H2,1H3,(H,20,21). The fraction of sp³-hybridized carbons (Fsp3) is 0.188. The second-order valence-corrected chi connectivity index (χ2v) is 5.52. The Labute approximate surface area is 131 Å². The summed E-state index contributed by atoms with van der Waals surface area (Å²) >= 11 is 3.41. The van der Waals surface area contributed by atoms with Gasteiger partial charge in [0.1, 0.15) is 5.82 Å². The summed E-state index contributed by atoms with van der Waals surface area (Å²) in [6.45, 7) is 2.34. The van der Waals surface area contributed by atoms with Gasteiger partial charge in [0.15, 0.2) is 0 Å². The lowest BCUT2D eigenvalue weighted by atomic mass is 10.2. The molecule has 2 aromatic rings. The van der Waals surface area contributed by atoms with E-state index in [1.54, 1.807) is 18.2 Å². The molecule has 0 unspecified atom stereocenters. The van der Waals surface area contributed by atoms with E-state index in [4.69, 9.17) is 0 Å². The molecule has 5 heteroatoms. The maximum atomic E-state index is 13.4. The topological polar surface area (TPSA) is 41.1 Å². The van der Waals surface area contributed by atoms with Crippen molar-refractivity contribution in [2.75, 3.05) is 17.2 Å². The number of carbonyl (C=O) groups is 1. The largest absolute Gasteiger partial charge is 0.382 e. The number of halogens is 2. The number of rotatable bonds is 5. The number of amides is 1. The molecule has 0 fully saturated rings. The van der Waals surface area contributed by atoms with Crippen molar-refractivity contribution in [1.82, 2.24) is 0 Å². The lowest BCUT2D eigenvalue weighted by molar-refractivity contribution is -0.115. The van der Waals surface area contributed by atoms with Crippen LogP contribution in [-0.4, -0.2) is 12.5 Å². The molecule has 21 heavy (non-hydrogen) atoms. The predicted molar refractivity (Wildman–Crippen MR) is 87.0 cm³/mol. The summed E-state index contributed by atoms with van der Waals surface area (Å²) in [7, 11) is 0. The van der Waals surface area contributed by atoms with E-state index < -0.39 is 0 Å². The first kappa shape index (κ1) is 15.5. The average Bonchev–Trinajstić information content (AvgIpc) is 2.45. The highest BCUT2D eigenvalue weighted by Gasteiger charge is 2.05. The van der Waals surface area contributed by atoms with Crippen LogP contribution >= 0.6 is 15.9 Å². The van der Waals surface area contributed by atoms with Crippen LogP contribution in [0.3, 0.4) is 0 Å². The number of para-hydroxylation sites is 1. The molecule has 2 aromatic carbocycles. The van der Waals surface area contributed by atoms with Crippen molar-refractivity contribution < 1.29 is 9.18 Å². The van der Waals surface area contributed by atoms with Crippen molar-refractivity contribution >= 4 is 33.2 Å². The Balaban J connectivity index is 1.82. The molecule has 2 rings (SSSR count). The maximum absolute atomic E-state index is 13.4. The van der Waals surface area contributed by atoms with Crippen molar-refractivity contribution in [2.24, 2.45) is 0 Å². The van der Waals surface area contributed by atoms with E-state index in [2.05, 4.69) is 26.6 Å². The van der Waals surface area contributed by atoms with Crippen LogP contribution in [0.15, 0.2) is 46.9 Å². The zero-order valence-electron chi connectivity index (χ0n) is 11.6. The van der Waals surface area contributed by atoms with Gasteiger partial charge < -0.3 is 10.6 Å². The molecule has 0 aliphatic rings. The summed E-state index contributed by atoms with van der Waals surface area (Å²) in [5.74, 6) is -0.429. The van der Waals surface area contributed by atoms with Gasteiger partial charge in [0, 0.05) is 23.1 Å². The van der Waals surface area contributed by atoms with Gasteiger partial charge in [-0.3, -0.25) is 4.79 Å². The molecule has 0 bridgehead atoms. The van der Waals surface area contributed by atoms with Crippen LogP contribution in [0.4, 0.5) is 15.8 Å². The second kappa shape index (κ2) is 7.22. The number of anilines is 2. The second-order valence-electron chi connectivity index (χ2n) is 4.67. The Morgan fingerprint density at radius 2 is 2.00 bits per heavy atom. The zero-order chi connectivity index (χ0) is 15.2. The van der Waals surface area contributed by atoms with Gasteiger partial charge in [-0.25, -0.2) is 4.39 Å². The molecule has 0 aromatic heterocycles. The molecule has 0 heterocycles. The molecule has 0 saturated carbocycles. The van der Waals surface area contributed by atoms with Crippen LogP contribution in [-0.2, 0) is 4.79 Å². The van der Waals surface area contributed by atoms with E-state index in [0.29, 0.717) is 12.2 Å². The van der Waals surface area contributed by atoms with Crippen LogP contribution in [0, 0.1) is 12.7 Å². The summed E-state index contributed by atoms with van der Waals surface area (Å²) in [5, 5.41) is 5.72. The third kappa shape index (κ3) is 4.56. The van der Waals surface area contributed by atoms with Crippen molar-refractivity contribution in [3.05, 3.63) is 58.3 Å². The Morgan fingerprint density at radius 1 is 1.24 bits per heavy atom. The van der Waals surface area contributed by atoms with Gasteiger partial charge >= 0.3 is 0 Å². The van der Waals surface area contributed by atoms with Gasteiger partial charge in [-0.1, -0.05) is 28.1 Å². The number of nitrogens with one attached hydrogen (secondary N) is 2.